The van der Waals surface area contributed by atoms with Crippen molar-refractivity contribution in [2.75, 3.05) is 0 Å². The van der Waals surface area contributed by atoms with Crippen molar-refractivity contribution < 1.29 is 4.92 Å². The van der Waals surface area contributed by atoms with Gasteiger partial charge in [-0.2, -0.15) is 0 Å². The maximum absolute atomic E-state index is 10.5. The fourth-order valence-electron chi connectivity index (χ4n) is 0.981. The first-order valence-corrected chi connectivity index (χ1v) is 3.73. The summed E-state index contributed by atoms with van der Waals surface area (Å²) in [5.74, 6) is 0.0718. The van der Waals surface area contributed by atoms with Crippen molar-refractivity contribution >= 4 is 0 Å². The fourth-order valence-corrected chi connectivity index (χ4v) is 0.981. The second-order valence-corrected chi connectivity index (χ2v) is 2.35. The van der Waals surface area contributed by atoms with Gasteiger partial charge in [0, 0.05) is 5.57 Å². The van der Waals surface area contributed by atoms with Crippen molar-refractivity contribution in [2.45, 2.75) is 13.3 Å². The molecule has 64 valence electrons. The second kappa shape index (κ2) is 3.71. The van der Waals surface area contributed by atoms with Crippen LogP contribution in [0.1, 0.15) is 13.3 Å². The fraction of sp³-hybridized carbons (Fsp3) is 0.250. The summed E-state index contributed by atoms with van der Waals surface area (Å²) in [7, 11) is 0. The predicted molar refractivity (Wildman–Crippen MR) is 45.7 cm³/mol. The summed E-state index contributed by atoms with van der Waals surface area (Å²) >= 11 is 0. The molecule has 0 aromatic carbocycles. The normalized spacial score (nSPS) is 15.8. The zero-order valence-electron chi connectivity index (χ0n) is 6.78. The van der Waals surface area contributed by atoms with Gasteiger partial charge in [-0.15, -0.1) is 0 Å². The monoisotopic (exact) mass is 166 g/mol. The van der Waals surface area contributed by atoms with Crippen molar-refractivity contribution in [1.29, 1.82) is 0 Å². The Labute approximate surface area is 70.4 Å². The van der Waals surface area contributed by atoms with Gasteiger partial charge in [0.1, 0.15) is 0 Å². The van der Waals surface area contributed by atoms with Crippen LogP contribution in [0.25, 0.3) is 0 Å². The van der Waals surface area contributed by atoms with Gasteiger partial charge in [0.2, 0.25) is 0 Å². The minimum absolute atomic E-state index is 0.0718. The average Bonchev–Trinajstić information content (AvgIpc) is 2.27. The Kier molecular flexibility index (Phi) is 2.63. The standard InChI is InChI=1S/C8H10N2O2/c1-2-7-5-3-4-6-9-8(7)10(11)12/h3-6,9H,2H2,1H3. The van der Waals surface area contributed by atoms with E-state index in [-0.39, 0.29) is 5.82 Å². The Hall–Kier alpha value is -1.58. The molecule has 0 saturated carbocycles. The lowest BCUT2D eigenvalue weighted by Gasteiger charge is -2.01. The van der Waals surface area contributed by atoms with E-state index in [9.17, 15) is 10.1 Å². The topological polar surface area (TPSA) is 55.2 Å². The third-order valence-electron chi connectivity index (χ3n) is 1.59. The van der Waals surface area contributed by atoms with Crippen LogP contribution in [-0.2, 0) is 0 Å². The van der Waals surface area contributed by atoms with Crippen LogP contribution in [0, 0.1) is 10.1 Å². The smallest absolute Gasteiger partial charge is 0.323 e. The largest absolute Gasteiger partial charge is 0.358 e. The van der Waals surface area contributed by atoms with Gasteiger partial charge >= 0.3 is 5.82 Å². The molecule has 1 aliphatic rings. The first-order chi connectivity index (χ1) is 5.75. The molecular formula is C8H10N2O2. The molecule has 1 heterocycles. The number of allylic oxidation sites excluding steroid dienone is 4. The molecule has 0 unspecified atom stereocenters. The SMILES string of the molecule is CCC1=C([N+](=O)[O-])NC=CC=C1. The van der Waals surface area contributed by atoms with E-state index in [4.69, 9.17) is 0 Å². The molecule has 0 fully saturated rings. The molecule has 0 aromatic heterocycles. The molecule has 4 heteroatoms. The van der Waals surface area contributed by atoms with E-state index >= 15 is 0 Å². The van der Waals surface area contributed by atoms with E-state index in [1.165, 1.54) is 0 Å². The van der Waals surface area contributed by atoms with E-state index in [1.54, 1.807) is 24.4 Å². The summed E-state index contributed by atoms with van der Waals surface area (Å²) in [5.41, 5.74) is 0.713. The van der Waals surface area contributed by atoms with E-state index in [0.29, 0.717) is 12.0 Å². The van der Waals surface area contributed by atoms with Gasteiger partial charge in [-0.3, -0.25) is 0 Å². The van der Waals surface area contributed by atoms with E-state index in [1.807, 2.05) is 6.92 Å². The van der Waals surface area contributed by atoms with Crippen LogP contribution in [0.5, 0.6) is 0 Å². The highest BCUT2D eigenvalue weighted by atomic mass is 16.6. The lowest BCUT2D eigenvalue weighted by molar-refractivity contribution is -0.431. The first-order valence-electron chi connectivity index (χ1n) is 3.73. The van der Waals surface area contributed by atoms with Crippen molar-refractivity contribution in [3.8, 4) is 0 Å². The molecule has 0 aliphatic carbocycles. The molecule has 0 atom stereocenters. The molecular weight excluding hydrogens is 156 g/mol. The highest BCUT2D eigenvalue weighted by Crippen LogP contribution is 2.10. The molecule has 12 heavy (non-hydrogen) atoms. The lowest BCUT2D eigenvalue weighted by atomic mass is 10.2. The van der Waals surface area contributed by atoms with E-state index < -0.39 is 4.92 Å². The maximum Gasteiger partial charge on any atom is 0.323 e. The third kappa shape index (κ3) is 1.72. The maximum atomic E-state index is 10.5. The van der Waals surface area contributed by atoms with Crippen molar-refractivity contribution in [1.82, 2.24) is 5.32 Å². The van der Waals surface area contributed by atoms with Gasteiger partial charge in [-0.1, -0.05) is 19.1 Å². The predicted octanol–water partition coefficient (Wildman–Crippen LogP) is 1.56. The number of hydrogen-bond acceptors (Lipinski definition) is 3. The van der Waals surface area contributed by atoms with Crippen LogP contribution in [0.4, 0.5) is 0 Å². The highest BCUT2D eigenvalue weighted by Gasteiger charge is 2.12. The van der Waals surface area contributed by atoms with Crippen LogP contribution in [0.15, 0.2) is 35.8 Å². The zero-order chi connectivity index (χ0) is 8.97. The Morgan fingerprint density at radius 3 is 2.92 bits per heavy atom. The summed E-state index contributed by atoms with van der Waals surface area (Å²) in [5, 5.41) is 13.1. The Balaban J connectivity index is 3.01. The second-order valence-electron chi connectivity index (χ2n) is 2.35. The van der Waals surface area contributed by atoms with Gasteiger partial charge in [0.15, 0.2) is 0 Å². The molecule has 1 N–H and O–H groups in total. The molecule has 0 radical (unpaired) electrons. The van der Waals surface area contributed by atoms with Crippen LogP contribution in [-0.4, -0.2) is 4.92 Å². The summed E-state index contributed by atoms with van der Waals surface area (Å²) in [6, 6.07) is 0. The number of rotatable bonds is 2. The Morgan fingerprint density at radius 1 is 1.58 bits per heavy atom. The third-order valence-corrected chi connectivity index (χ3v) is 1.59. The van der Waals surface area contributed by atoms with Gasteiger partial charge < -0.3 is 10.1 Å². The quantitative estimate of drug-likeness (QED) is 0.500. The molecule has 0 spiro atoms. The first kappa shape index (κ1) is 8.52. The van der Waals surface area contributed by atoms with Crippen molar-refractivity contribution in [3.05, 3.63) is 45.9 Å². The molecule has 1 aliphatic heterocycles. The van der Waals surface area contributed by atoms with Crippen LogP contribution < -0.4 is 5.32 Å². The minimum atomic E-state index is -0.404. The molecule has 0 aromatic rings. The van der Waals surface area contributed by atoms with Crippen LogP contribution in [0.2, 0.25) is 0 Å². The Morgan fingerprint density at radius 2 is 2.33 bits per heavy atom. The number of nitrogens with one attached hydrogen (secondary N) is 1. The number of nitro groups is 1. The molecule has 1 rings (SSSR count). The molecule has 4 nitrogen and oxygen atoms in total. The Bertz CT molecular complexity index is 277. The average molecular weight is 166 g/mol. The molecule has 0 amide bonds. The van der Waals surface area contributed by atoms with Gasteiger partial charge in [-0.25, -0.2) is 5.32 Å². The van der Waals surface area contributed by atoms with E-state index in [0.717, 1.165) is 0 Å². The molecule has 0 saturated heterocycles. The lowest BCUT2D eigenvalue weighted by Crippen LogP contribution is -2.15. The highest BCUT2D eigenvalue weighted by molar-refractivity contribution is 5.27. The van der Waals surface area contributed by atoms with Crippen LogP contribution in [0.3, 0.4) is 0 Å². The minimum Gasteiger partial charge on any atom is -0.358 e. The summed E-state index contributed by atoms with van der Waals surface area (Å²) in [6.45, 7) is 1.89. The van der Waals surface area contributed by atoms with Gasteiger partial charge in [-0.05, 0) is 17.4 Å². The zero-order valence-corrected chi connectivity index (χ0v) is 6.78. The molecule has 0 bridgehead atoms. The summed E-state index contributed by atoms with van der Waals surface area (Å²) in [4.78, 5) is 10.1. The van der Waals surface area contributed by atoms with E-state index in [2.05, 4.69) is 5.32 Å². The van der Waals surface area contributed by atoms with Crippen LogP contribution >= 0.6 is 0 Å². The number of nitrogens with zero attached hydrogens (tertiary/aromatic N) is 1. The van der Waals surface area contributed by atoms with Crippen molar-refractivity contribution in [2.24, 2.45) is 0 Å². The van der Waals surface area contributed by atoms with Gasteiger partial charge in [0.05, 0.1) is 6.20 Å². The summed E-state index contributed by atoms with van der Waals surface area (Å²) in [6.07, 6.45) is 7.46. The van der Waals surface area contributed by atoms with Crippen molar-refractivity contribution in [3.63, 3.8) is 0 Å². The van der Waals surface area contributed by atoms with Gasteiger partial charge in [0.25, 0.3) is 0 Å². The number of hydrogen-bond donors (Lipinski definition) is 1. The summed E-state index contributed by atoms with van der Waals surface area (Å²) < 4.78 is 0.